The second kappa shape index (κ2) is 7.37. The summed E-state index contributed by atoms with van der Waals surface area (Å²) in [6.07, 6.45) is 0.964. The molecule has 0 heterocycles. The Hall–Kier alpha value is -1.44. The molecular weight excluding hydrogens is 282 g/mol. The molecular formula is C13H19NO5S. The van der Waals surface area contributed by atoms with E-state index in [0.29, 0.717) is 18.4 Å². The van der Waals surface area contributed by atoms with Crippen molar-refractivity contribution in [1.82, 2.24) is 4.72 Å². The van der Waals surface area contributed by atoms with Gasteiger partial charge in [0.05, 0.1) is 11.3 Å². The third-order valence-corrected chi connectivity index (χ3v) is 4.28. The molecule has 0 amide bonds. The Labute approximate surface area is 118 Å². The van der Waals surface area contributed by atoms with Gasteiger partial charge in [0.2, 0.25) is 10.0 Å². The number of carbonyl (C=O) groups is 1. The van der Waals surface area contributed by atoms with Crippen LogP contribution in [0.3, 0.4) is 0 Å². The minimum atomic E-state index is -3.51. The predicted molar refractivity (Wildman–Crippen MR) is 74.9 cm³/mol. The van der Waals surface area contributed by atoms with Crippen molar-refractivity contribution in [2.75, 3.05) is 6.61 Å². The molecule has 1 atom stereocenters. The maximum Gasteiger partial charge on any atom is 0.335 e. The summed E-state index contributed by atoms with van der Waals surface area (Å²) in [6, 6.07) is 5.42. The van der Waals surface area contributed by atoms with E-state index in [-0.39, 0.29) is 24.0 Å². The standard InChI is InChI=1S/C13H19NO5S/c1-2-12(7-8-15)14-20(18,19)9-10-3-5-11(6-4-10)13(16)17/h3-6,12,14-15H,2,7-9H2,1H3,(H,16,17). The average molecular weight is 301 g/mol. The lowest BCUT2D eigenvalue weighted by molar-refractivity contribution is 0.0697. The van der Waals surface area contributed by atoms with Crippen molar-refractivity contribution in [3.63, 3.8) is 0 Å². The molecule has 0 aliphatic carbocycles. The normalized spacial score (nSPS) is 13.1. The van der Waals surface area contributed by atoms with Crippen LogP contribution < -0.4 is 4.72 Å². The van der Waals surface area contributed by atoms with Gasteiger partial charge < -0.3 is 10.2 Å². The maximum atomic E-state index is 12.0. The molecule has 112 valence electrons. The average Bonchev–Trinajstić information content (AvgIpc) is 2.38. The number of hydrogen-bond donors (Lipinski definition) is 3. The third-order valence-electron chi connectivity index (χ3n) is 2.87. The molecule has 1 rings (SSSR count). The van der Waals surface area contributed by atoms with Gasteiger partial charge in [-0.1, -0.05) is 19.1 Å². The number of carboxylic acid groups (broad SMARTS) is 1. The first-order valence-corrected chi connectivity index (χ1v) is 7.96. The highest BCUT2D eigenvalue weighted by molar-refractivity contribution is 7.88. The number of benzene rings is 1. The molecule has 0 saturated heterocycles. The number of rotatable bonds is 8. The van der Waals surface area contributed by atoms with Crippen LogP contribution in [-0.4, -0.2) is 37.2 Å². The monoisotopic (exact) mass is 301 g/mol. The van der Waals surface area contributed by atoms with Gasteiger partial charge in [-0.3, -0.25) is 0 Å². The molecule has 1 unspecified atom stereocenters. The molecule has 0 aromatic heterocycles. The summed E-state index contributed by atoms with van der Waals surface area (Å²) in [5, 5.41) is 17.6. The summed E-state index contributed by atoms with van der Waals surface area (Å²) in [5.74, 6) is -1.26. The van der Waals surface area contributed by atoms with Gasteiger partial charge in [-0.2, -0.15) is 0 Å². The summed E-state index contributed by atoms with van der Waals surface area (Å²) >= 11 is 0. The number of aliphatic hydroxyl groups excluding tert-OH is 1. The fourth-order valence-electron chi connectivity index (χ4n) is 1.76. The van der Waals surface area contributed by atoms with E-state index in [4.69, 9.17) is 10.2 Å². The molecule has 1 aromatic rings. The number of aliphatic hydroxyl groups is 1. The number of aromatic carboxylic acids is 1. The Kier molecular flexibility index (Phi) is 6.12. The van der Waals surface area contributed by atoms with E-state index in [0.717, 1.165) is 0 Å². The smallest absolute Gasteiger partial charge is 0.335 e. The van der Waals surface area contributed by atoms with Crippen molar-refractivity contribution >= 4 is 16.0 Å². The van der Waals surface area contributed by atoms with E-state index >= 15 is 0 Å². The Morgan fingerprint density at radius 3 is 2.35 bits per heavy atom. The van der Waals surface area contributed by atoms with E-state index in [1.807, 2.05) is 6.92 Å². The fraction of sp³-hybridized carbons (Fsp3) is 0.462. The van der Waals surface area contributed by atoms with Crippen LogP contribution in [0, 0.1) is 0 Å². The molecule has 0 fully saturated rings. The zero-order valence-corrected chi connectivity index (χ0v) is 12.1. The highest BCUT2D eigenvalue weighted by Crippen LogP contribution is 2.09. The predicted octanol–water partition coefficient (Wildman–Crippen LogP) is 0.965. The van der Waals surface area contributed by atoms with Crippen molar-refractivity contribution in [2.24, 2.45) is 0 Å². The third kappa shape index (κ3) is 5.28. The van der Waals surface area contributed by atoms with Gasteiger partial charge in [-0.05, 0) is 30.5 Å². The lowest BCUT2D eigenvalue weighted by Gasteiger charge is -2.15. The maximum absolute atomic E-state index is 12.0. The van der Waals surface area contributed by atoms with E-state index in [9.17, 15) is 13.2 Å². The van der Waals surface area contributed by atoms with Crippen molar-refractivity contribution in [1.29, 1.82) is 0 Å². The van der Waals surface area contributed by atoms with Crippen molar-refractivity contribution in [3.05, 3.63) is 35.4 Å². The number of nitrogens with one attached hydrogen (secondary N) is 1. The van der Waals surface area contributed by atoms with Gasteiger partial charge in [0.15, 0.2) is 0 Å². The quantitative estimate of drug-likeness (QED) is 0.663. The Morgan fingerprint density at radius 2 is 1.90 bits per heavy atom. The summed E-state index contributed by atoms with van der Waals surface area (Å²) in [5.41, 5.74) is 0.632. The first-order valence-electron chi connectivity index (χ1n) is 6.31. The molecule has 1 aromatic carbocycles. The molecule has 0 bridgehead atoms. The molecule has 6 nitrogen and oxygen atoms in total. The minimum Gasteiger partial charge on any atom is -0.478 e. The van der Waals surface area contributed by atoms with Crippen LogP contribution in [0.15, 0.2) is 24.3 Å². The Bertz CT molecular complexity index is 538. The SMILES string of the molecule is CCC(CCO)NS(=O)(=O)Cc1ccc(C(=O)O)cc1. The molecule has 0 aliphatic heterocycles. The second-order valence-electron chi connectivity index (χ2n) is 4.50. The summed E-state index contributed by atoms with van der Waals surface area (Å²) in [7, 11) is -3.51. The van der Waals surface area contributed by atoms with E-state index in [1.54, 1.807) is 0 Å². The van der Waals surface area contributed by atoms with Gasteiger partial charge in [0.25, 0.3) is 0 Å². The van der Waals surface area contributed by atoms with Crippen LogP contribution >= 0.6 is 0 Å². The van der Waals surface area contributed by atoms with Crippen LogP contribution in [0.2, 0.25) is 0 Å². The topological polar surface area (TPSA) is 104 Å². The number of sulfonamides is 1. The number of hydrogen-bond acceptors (Lipinski definition) is 4. The zero-order chi connectivity index (χ0) is 15.2. The van der Waals surface area contributed by atoms with E-state index < -0.39 is 16.0 Å². The summed E-state index contributed by atoms with van der Waals surface area (Å²) in [4.78, 5) is 10.7. The Morgan fingerprint density at radius 1 is 1.30 bits per heavy atom. The molecule has 0 spiro atoms. The molecule has 0 aliphatic rings. The molecule has 3 N–H and O–H groups in total. The van der Waals surface area contributed by atoms with Crippen LogP contribution in [0.5, 0.6) is 0 Å². The van der Waals surface area contributed by atoms with Crippen molar-refractivity contribution in [3.8, 4) is 0 Å². The van der Waals surface area contributed by atoms with Gasteiger partial charge in [0.1, 0.15) is 0 Å². The van der Waals surface area contributed by atoms with Gasteiger partial charge in [0, 0.05) is 12.6 Å². The highest BCUT2D eigenvalue weighted by atomic mass is 32.2. The molecule has 0 saturated carbocycles. The first kappa shape index (κ1) is 16.6. The van der Waals surface area contributed by atoms with Crippen LogP contribution in [0.4, 0.5) is 0 Å². The highest BCUT2D eigenvalue weighted by Gasteiger charge is 2.17. The van der Waals surface area contributed by atoms with E-state index in [1.165, 1.54) is 24.3 Å². The van der Waals surface area contributed by atoms with Gasteiger partial charge in [-0.15, -0.1) is 0 Å². The van der Waals surface area contributed by atoms with Crippen molar-refractivity contribution < 1.29 is 23.4 Å². The zero-order valence-electron chi connectivity index (χ0n) is 11.2. The number of carboxylic acids is 1. The lowest BCUT2D eigenvalue weighted by atomic mass is 10.1. The molecule has 20 heavy (non-hydrogen) atoms. The van der Waals surface area contributed by atoms with Crippen LogP contribution in [0.1, 0.15) is 35.7 Å². The van der Waals surface area contributed by atoms with Gasteiger partial charge in [-0.25, -0.2) is 17.9 Å². The minimum absolute atomic E-state index is 0.0751. The van der Waals surface area contributed by atoms with Gasteiger partial charge >= 0.3 is 5.97 Å². The largest absolute Gasteiger partial charge is 0.478 e. The van der Waals surface area contributed by atoms with E-state index in [2.05, 4.69) is 4.72 Å². The summed E-state index contributed by atoms with van der Waals surface area (Å²) in [6.45, 7) is 1.76. The fourth-order valence-corrected chi connectivity index (χ4v) is 3.27. The lowest BCUT2D eigenvalue weighted by Crippen LogP contribution is -2.35. The molecule has 0 radical (unpaired) electrons. The van der Waals surface area contributed by atoms with Crippen LogP contribution in [0.25, 0.3) is 0 Å². The second-order valence-corrected chi connectivity index (χ2v) is 6.25. The van der Waals surface area contributed by atoms with Crippen molar-refractivity contribution in [2.45, 2.75) is 31.6 Å². The summed E-state index contributed by atoms with van der Waals surface area (Å²) < 4.78 is 26.4. The Balaban J connectivity index is 2.72. The van der Waals surface area contributed by atoms with Crippen LogP contribution in [-0.2, 0) is 15.8 Å². The first-order chi connectivity index (χ1) is 9.38. The molecule has 7 heteroatoms.